The molecule has 45 heavy (non-hydrogen) atoms. The summed E-state index contributed by atoms with van der Waals surface area (Å²) in [4.78, 5) is 59.9. The Morgan fingerprint density at radius 2 is 1.78 bits per heavy atom. The van der Waals surface area contributed by atoms with Crippen LogP contribution in [0.4, 0.5) is 20.2 Å². The van der Waals surface area contributed by atoms with Crippen molar-refractivity contribution in [3.05, 3.63) is 148 Å². The summed E-state index contributed by atoms with van der Waals surface area (Å²) in [5.41, 5.74) is 1.69. The van der Waals surface area contributed by atoms with Crippen molar-refractivity contribution in [2.45, 2.75) is 12.6 Å². The monoisotopic (exact) mass is 606 g/mol. The van der Waals surface area contributed by atoms with E-state index < -0.39 is 35.0 Å². The zero-order valence-corrected chi connectivity index (χ0v) is 23.4. The normalized spacial score (nSPS) is 13.6. The van der Waals surface area contributed by atoms with Gasteiger partial charge in [0.05, 0.1) is 12.1 Å². The molecule has 3 aromatic carbocycles. The SMILES string of the molecule is O=C1Nc2ccc(NC(=O)C(NC(=O)c3cccn(Cc4ccc(F)c(F)c4)c3=O)c3ccccc3)cc2/C1=C/c1ncc[nH]1. The van der Waals surface area contributed by atoms with Gasteiger partial charge in [0.15, 0.2) is 11.6 Å². The Morgan fingerprint density at radius 3 is 2.53 bits per heavy atom. The molecule has 0 saturated carbocycles. The lowest BCUT2D eigenvalue weighted by Gasteiger charge is -2.19. The fourth-order valence-electron chi connectivity index (χ4n) is 4.94. The van der Waals surface area contributed by atoms with Crippen LogP contribution in [0.3, 0.4) is 0 Å². The molecule has 5 aromatic rings. The number of hydrogen-bond donors (Lipinski definition) is 4. The minimum atomic E-state index is -1.20. The second-order valence-electron chi connectivity index (χ2n) is 10.2. The number of pyridine rings is 1. The van der Waals surface area contributed by atoms with Crippen LogP contribution in [0.1, 0.15) is 38.9 Å². The molecule has 1 unspecified atom stereocenters. The molecule has 0 saturated heterocycles. The van der Waals surface area contributed by atoms with Gasteiger partial charge in [0.1, 0.15) is 17.4 Å². The first-order valence-corrected chi connectivity index (χ1v) is 13.7. The number of anilines is 2. The van der Waals surface area contributed by atoms with Crippen LogP contribution in [0.25, 0.3) is 11.6 Å². The Bertz CT molecular complexity index is 2020. The van der Waals surface area contributed by atoms with E-state index >= 15 is 0 Å². The van der Waals surface area contributed by atoms with Gasteiger partial charge >= 0.3 is 0 Å². The van der Waals surface area contributed by atoms with E-state index in [1.807, 2.05) is 0 Å². The van der Waals surface area contributed by atoms with Crippen molar-refractivity contribution >= 4 is 40.7 Å². The molecule has 0 spiro atoms. The van der Waals surface area contributed by atoms with Crippen LogP contribution in [-0.2, 0) is 16.1 Å². The molecule has 10 nitrogen and oxygen atoms in total. The largest absolute Gasteiger partial charge is 0.345 e. The van der Waals surface area contributed by atoms with Gasteiger partial charge in [0, 0.05) is 35.5 Å². The Labute approximate surface area is 254 Å². The molecule has 0 radical (unpaired) electrons. The number of aromatic nitrogens is 3. The van der Waals surface area contributed by atoms with E-state index in [9.17, 15) is 28.0 Å². The second-order valence-corrected chi connectivity index (χ2v) is 10.2. The first-order valence-electron chi connectivity index (χ1n) is 13.7. The van der Waals surface area contributed by atoms with E-state index in [1.54, 1.807) is 67.0 Å². The standard InChI is InChI=1S/C33H24F2N6O4/c34-25-10-8-19(15-26(25)35)18-41-14-4-7-22(33(41)45)30(42)40-29(20-5-2-1-3-6-20)32(44)38-21-9-11-27-23(16-21)24(31(43)39-27)17-28-36-12-13-37-28/h1-17,29H,18H2,(H,36,37)(H,38,44)(H,39,43)(H,40,42)/b24-17-. The maximum atomic E-state index is 13.7. The molecule has 0 fully saturated rings. The molecule has 1 aliphatic rings. The van der Waals surface area contributed by atoms with E-state index in [0.29, 0.717) is 39.5 Å². The predicted octanol–water partition coefficient (Wildman–Crippen LogP) is 4.50. The number of nitrogens with zero attached hydrogens (tertiary/aromatic N) is 2. The third kappa shape index (κ3) is 6.15. The minimum absolute atomic E-state index is 0.105. The Kier molecular flexibility index (Phi) is 7.85. The maximum Gasteiger partial charge on any atom is 0.263 e. The highest BCUT2D eigenvalue weighted by Gasteiger charge is 2.28. The number of nitrogens with one attached hydrogen (secondary N) is 4. The smallest absolute Gasteiger partial charge is 0.263 e. The van der Waals surface area contributed by atoms with Crippen LogP contribution < -0.4 is 21.5 Å². The molecule has 2 aromatic heterocycles. The molecule has 0 bridgehead atoms. The Hall–Kier alpha value is -6.17. The highest BCUT2D eigenvalue weighted by atomic mass is 19.2. The lowest BCUT2D eigenvalue weighted by Crippen LogP contribution is -2.40. The quantitative estimate of drug-likeness (QED) is 0.193. The fourth-order valence-corrected chi connectivity index (χ4v) is 4.94. The number of H-pyrrole nitrogens is 1. The molecule has 3 amide bonds. The number of imidazole rings is 1. The Balaban J connectivity index is 1.25. The van der Waals surface area contributed by atoms with E-state index in [0.717, 1.165) is 12.1 Å². The first-order chi connectivity index (χ1) is 21.8. The van der Waals surface area contributed by atoms with Crippen LogP contribution in [0.2, 0.25) is 0 Å². The van der Waals surface area contributed by atoms with Crippen molar-refractivity contribution < 1.29 is 23.2 Å². The van der Waals surface area contributed by atoms with Crippen LogP contribution >= 0.6 is 0 Å². The summed E-state index contributed by atoms with van der Waals surface area (Å²) in [6, 6.07) is 18.3. The van der Waals surface area contributed by atoms with Gasteiger partial charge in [-0.25, -0.2) is 13.8 Å². The molecule has 3 heterocycles. The van der Waals surface area contributed by atoms with Crippen LogP contribution in [0.5, 0.6) is 0 Å². The lowest BCUT2D eigenvalue weighted by atomic mass is 10.0. The van der Waals surface area contributed by atoms with Gasteiger partial charge in [-0.3, -0.25) is 19.2 Å². The Morgan fingerprint density at radius 1 is 0.956 bits per heavy atom. The first kappa shape index (κ1) is 28.9. The number of rotatable bonds is 8. The summed E-state index contributed by atoms with van der Waals surface area (Å²) in [5.74, 6) is -3.31. The third-order valence-electron chi connectivity index (χ3n) is 7.14. The van der Waals surface area contributed by atoms with Crippen molar-refractivity contribution in [1.82, 2.24) is 19.9 Å². The van der Waals surface area contributed by atoms with Crippen molar-refractivity contribution in [2.75, 3.05) is 10.6 Å². The van der Waals surface area contributed by atoms with Crippen molar-refractivity contribution in [3.8, 4) is 0 Å². The highest BCUT2D eigenvalue weighted by molar-refractivity contribution is 6.35. The van der Waals surface area contributed by atoms with Gasteiger partial charge in [0.2, 0.25) is 0 Å². The van der Waals surface area contributed by atoms with Gasteiger partial charge < -0.3 is 25.5 Å². The zero-order chi connectivity index (χ0) is 31.5. The molecular weight excluding hydrogens is 582 g/mol. The van der Waals surface area contributed by atoms with Crippen LogP contribution in [0.15, 0.2) is 102 Å². The summed E-state index contributed by atoms with van der Waals surface area (Å²) < 4.78 is 28.3. The average molecular weight is 607 g/mol. The fraction of sp³-hybridized carbons (Fsp3) is 0.0606. The number of halogens is 2. The number of carbonyl (C=O) groups is 3. The van der Waals surface area contributed by atoms with Crippen molar-refractivity contribution in [2.24, 2.45) is 0 Å². The molecule has 4 N–H and O–H groups in total. The predicted molar refractivity (Wildman–Crippen MR) is 163 cm³/mol. The van der Waals surface area contributed by atoms with Gasteiger partial charge in [-0.1, -0.05) is 36.4 Å². The number of fused-ring (bicyclic) bond motifs is 1. The second kappa shape index (κ2) is 12.2. The summed E-state index contributed by atoms with van der Waals surface area (Å²) in [6.45, 7) is -0.105. The number of amides is 3. The van der Waals surface area contributed by atoms with E-state index in [-0.39, 0.29) is 18.0 Å². The highest BCUT2D eigenvalue weighted by Crippen LogP contribution is 2.35. The van der Waals surface area contributed by atoms with E-state index in [4.69, 9.17) is 0 Å². The van der Waals surface area contributed by atoms with Crippen LogP contribution in [-0.4, -0.2) is 32.3 Å². The summed E-state index contributed by atoms with van der Waals surface area (Å²) in [7, 11) is 0. The number of hydrogen-bond acceptors (Lipinski definition) is 5. The minimum Gasteiger partial charge on any atom is -0.345 e. The summed E-state index contributed by atoms with van der Waals surface area (Å²) in [5, 5.41) is 8.23. The molecule has 6 rings (SSSR count). The lowest BCUT2D eigenvalue weighted by molar-refractivity contribution is -0.118. The number of benzene rings is 3. The molecule has 1 aliphatic heterocycles. The van der Waals surface area contributed by atoms with Gasteiger partial charge in [-0.15, -0.1) is 0 Å². The number of aromatic amines is 1. The molecule has 12 heteroatoms. The molecular formula is C33H24F2N6O4. The molecule has 0 aliphatic carbocycles. The van der Waals surface area contributed by atoms with Crippen molar-refractivity contribution in [3.63, 3.8) is 0 Å². The molecule has 224 valence electrons. The zero-order valence-electron chi connectivity index (χ0n) is 23.4. The van der Waals surface area contributed by atoms with E-state index in [1.165, 1.54) is 29.0 Å². The van der Waals surface area contributed by atoms with Crippen molar-refractivity contribution in [1.29, 1.82) is 0 Å². The maximum absolute atomic E-state index is 13.7. The van der Waals surface area contributed by atoms with Gasteiger partial charge in [0.25, 0.3) is 23.3 Å². The van der Waals surface area contributed by atoms with Crippen LogP contribution in [0, 0.1) is 11.6 Å². The number of carbonyl (C=O) groups excluding carboxylic acids is 3. The summed E-state index contributed by atoms with van der Waals surface area (Å²) >= 11 is 0. The third-order valence-corrected chi connectivity index (χ3v) is 7.14. The average Bonchev–Trinajstić information content (AvgIpc) is 3.66. The van der Waals surface area contributed by atoms with Gasteiger partial charge in [-0.05, 0) is 59.7 Å². The summed E-state index contributed by atoms with van der Waals surface area (Å²) in [6.07, 6.45) is 6.21. The van der Waals surface area contributed by atoms with Gasteiger partial charge in [-0.2, -0.15) is 0 Å². The molecule has 1 atom stereocenters. The topological polar surface area (TPSA) is 138 Å². The van der Waals surface area contributed by atoms with E-state index in [2.05, 4.69) is 25.9 Å².